The second-order valence-corrected chi connectivity index (χ2v) is 11.0. The molecule has 1 aliphatic rings. The molecule has 0 N–H and O–H groups in total. The van der Waals surface area contributed by atoms with Crippen LogP contribution < -0.4 is 0 Å². The fourth-order valence-electron chi connectivity index (χ4n) is 5.51. The van der Waals surface area contributed by atoms with Crippen molar-refractivity contribution in [1.29, 1.82) is 0 Å². The Morgan fingerprint density at radius 1 is 1.00 bits per heavy atom. The summed E-state index contributed by atoms with van der Waals surface area (Å²) < 4.78 is 0. The van der Waals surface area contributed by atoms with Gasteiger partial charge in [-0.3, -0.25) is 14.9 Å². The van der Waals surface area contributed by atoms with Crippen LogP contribution in [0.1, 0.15) is 67.4 Å². The van der Waals surface area contributed by atoms with Crippen molar-refractivity contribution < 1.29 is 9.72 Å². The molecule has 6 nitrogen and oxygen atoms in total. The summed E-state index contributed by atoms with van der Waals surface area (Å²) in [6, 6.07) is 17.1. The lowest BCUT2D eigenvalue weighted by Gasteiger charge is -2.32. The second kappa shape index (κ2) is 11.6. The number of halogens is 1. The van der Waals surface area contributed by atoms with Crippen LogP contribution in [0.3, 0.4) is 0 Å². The van der Waals surface area contributed by atoms with Gasteiger partial charge in [0.25, 0.3) is 5.69 Å². The van der Waals surface area contributed by atoms with E-state index in [9.17, 15) is 19.8 Å². The number of Topliss-reactive ketones (excluding diaryl/α,β-unsaturated/α-hetero) is 1. The molecule has 0 aliphatic heterocycles. The van der Waals surface area contributed by atoms with Crippen molar-refractivity contribution in [3.63, 3.8) is 0 Å². The molecule has 0 fully saturated rings. The van der Waals surface area contributed by atoms with Crippen molar-refractivity contribution in [3.8, 4) is 11.1 Å². The first-order valence-electron chi connectivity index (χ1n) is 12.5. The molecule has 0 heterocycles. The molecule has 8 heteroatoms. The number of carbonyl (C=O) groups excluding carboxylic acids is 1. The highest BCUT2D eigenvalue weighted by molar-refractivity contribution is 7.99. The van der Waals surface area contributed by atoms with Gasteiger partial charge in [0.1, 0.15) is 0 Å². The lowest BCUT2D eigenvalue weighted by Crippen LogP contribution is -2.26. The number of ketones is 1. The maximum Gasteiger partial charge on any atom is 0.269 e. The Morgan fingerprint density at radius 3 is 2.22 bits per heavy atom. The monoisotopic (exact) mass is 536 g/mol. The predicted octanol–water partition coefficient (Wildman–Crippen LogP) is 8.62. The van der Waals surface area contributed by atoms with E-state index in [1.54, 1.807) is 42.1 Å². The third-order valence-corrected chi connectivity index (χ3v) is 8.39. The third kappa shape index (κ3) is 5.34. The van der Waals surface area contributed by atoms with Gasteiger partial charge < -0.3 is 0 Å². The summed E-state index contributed by atoms with van der Waals surface area (Å²) >= 11 is 7.49. The Labute approximate surface area is 225 Å². The Balaban J connectivity index is 1.64. The highest BCUT2D eigenvalue weighted by atomic mass is 35.5. The molecule has 192 valence electrons. The highest BCUT2D eigenvalue weighted by Gasteiger charge is 2.43. The number of carbonyl (C=O) groups is 1. The van der Waals surface area contributed by atoms with E-state index in [0.717, 1.165) is 52.8 Å². The van der Waals surface area contributed by atoms with Crippen molar-refractivity contribution in [2.75, 3.05) is 5.75 Å². The number of benzene rings is 3. The van der Waals surface area contributed by atoms with Gasteiger partial charge in [0.2, 0.25) is 0 Å². The van der Waals surface area contributed by atoms with Crippen LogP contribution in [-0.2, 0) is 5.41 Å². The number of nitro benzene ring substituents is 1. The number of rotatable bonds is 12. The zero-order chi connectivity index (χ0) is 26.6. The minimum atomic E-state index is -0.977. The average Bonchev–Trinajstić information content (AvgIpc) is 3.16. The highest BCUT2D eigenvalue weighted by Crippen LogP contribution is 2.54. The van der Waals surface area contributed by atoms with E-state index in [-0.39, 0.29) is 16.4 Å². The van der Waals surface area contributed by atoms with Gasteiger partial charge in [0, 0.05) is 38.8 Å². The molecule has 1 aliphatic carbocycles. The molecular formula is C29H29ClN2O4S. The number of non-ortho nitro benzene ring substituents is 1. The van der Waals surface area contributed by atoms with Gasteiger partial charge >= 0.3 is 0 Å². The number of hydrogen-bond donors (Lipinski definition) is 0. The summed E-state index contributed by atoms with van der Waals surface area (Å²) in [5.74, 6) is 0.276. The van der Waals surface area contributed by atoms with Crippen LogP contribution in [0.15, 0.2) is 70.7 Å². The zero-order valence-corrected chi connectivity index (χ0v) is 22.5. The Bertz CT molecular complexity index is 1320. The molecule has 0 saturated heterocycles. The van der Waals surface area contributed by atoms with Crippen molar-refractivity contribution in [3.05, 3.63) is 97.4 Å². The summed E-state index contributed by atoms with van der Waals surface area (Å²) in [5, 5.41) is 15.4. The first kappa shape index (κ1) is 27.0. The summed E-state index contributed by atoms with van der Waals surface area (Å²) in [6.07, 6.45) is 3.73. The molecule has 0 radical (unpaired) electrons. The van der Waals surface area contributed by atoms with Crippen molar-refractivity contribution in [2.45, 2.75) is 62.3 Å². The van der Waals surface area contributed by atoms with Gasteiger partial charge in [-0.1, -0.05) is 55.6 Å². The third-order valence-electron chi connectivity index (χ3n) is 7.10. The minimum Gasteiger partial charge on any atom is -0.292 e. The molecule has 3 aromatic rings. The van der Waals surface area contributed by atoms with E-state index in [0.29, 0.717) is 22.8 Å². The molecule has 0 amide bonds. The standard InChI is InChI=1S/C29H29ClN2O4S/c1-3-14-29(15-4-2)25-17-19(5-11-23(25)24-12-8-21(32(35)36)18-26(24)29)28(33)27(31-34)13-16-37-22-9-6-20(30)7-10-22/h5-12,17-18,27H,3-4,13-16H2,1-2H3. The van der Waals surface area contributed by atoms with Crippen LogP contribution in [0, 0.1) is 15.0 Å². The number of nitroso groups, excluding NO2 is 1. The van der Waals surface area contributed by atoms with E-state index >= 15 is 0 Å². The van der Waals surface area contributed by atoms with E-state index < -0.39 is 11.5 Å². The summed E-state index contributed by atoms with van der Waals surface area (Å²) in [4.78, 5) is 37.3. The Kier molecular flexibility index (Phi) is 8.45. The number of thioether (sulfide) groups is 1. The van der Waals surface area contributed by atoms with E-state index in [1.165, 1.54) is 0 Å². The van der Waals surface area contributed by atoms with Gasteiger partial charge in [0.05, 0.1) is 4.92 Å². The van der Waals surface area contributed by atoms with Crippen LogP contribution in [0.5, 0.6) is 0 Å². The molecule has 3 aromatic carbocycles. The quantitative estimate of drug-likeness (QED) is 0.0759. The molecular weight excluding hydrogens is 508 g/mol. The number of nitrogens with zero attached hydrogens (tertiary/aromatic N) is 2. The lowest BCUT2D eigenvalue weighted by atomic mass is 9.71. The van der Waals surface area contributed by atoms with Crippen LogP contribution in [0.2, 0.25) is 5.02 Å². The van der Waals surface area contributed by atoms with Crippen LogP contribution in [-0.4, -0.2) is 22.5 Å². The van der Waals surface area contributed by atoms with Gasteiger partial charge in [0.15, 0.2) is 11.8 Å². The van der Waals surface area contributed by atoms with Crippen LogP contribution >= 0.6 is 23.4 Å². The minimum absolute atomic E-state index is 0.0721. The first-order valence-corrected chi connectivity index (χ1v) is 13.9. The largest absolute Gasteiger partial charge is 0.292 e. The fraction of sp³-hybridized carbons (Fsp3) is 0.345. The summed E-state index contributed by atoms with van der Waals surface area (Å²) in [7, 11) is 0. The number of fused-ring (bicyclic) bond motifs is 3. The van der Waals surface area contributed by atoms with E-state index in [1.807, 2.05) is 30.3 Å². The van der Waals surface area contributed by atoms with Gasteiger partial charge in [-0.25, -0.2) is 0 Å². The number of nitro groups is 1. The average molecular weight is 537 g/mol. The zero-order valence-electron chi connectivity index (χ0n) is 20.9. The molecule has 1 unspecified atom stereocenters. The van der Waals surface area contributed by atoms with Crippen LogP contribution in [0.25, 0.3) is 11.1 Å². The molecule has 4 rings (SSSR count). The molecule has 37 heavy (non-hydrogen) atoms. The summed E-state index contributed by atoms with van der Waals surface area (Å²) in [6.45, 7) is 4.21. The number of hydrogen-bond acceptors (Lipinski definition) is 6. The molecule has 0 bridgehead atoms. The molecule has 1 atom stereocenters. The van der Waals surface area contributed by atoms with E-state index in [2.05, 4.69) is 19.0 Å². The fourth-order valence-corrected chi connectivity index (χ4v) is 6.54. The van der Waals surface area contributed by atoms with Crippen LogP contribution in [0.4, 0.5) is 5.69 Å². The molecule has 0 spiro atoms. The maximum absolute atomic E-state index is 13.4. The van der Waals surface area contributed by atoms with E-state index in [4.69, 9.17) is 11.6 Å². The first-order chi connectivity index (χ1) is 17.8. The second-order valence-electron chi connectivity index (χ2n) is 9.41. The van der Waals surface area contributed by atoms with Gasteiger partial charge in [-0.15, -0.1) is 11.8 Å². The van der Waals surface area contributed by atoms with Crippen molar-refractivity contribution in [1.82, 2.24) is 0 Å². The molecule has 0 aromatic heterocycles. The topological polar surface area (TPSA) is 89.6 Å². The Morgan fingerprint density at radius 2 is 1.62 bits per heavy atom. The van der Waals surface area contributed by atoms with Crippen molar-refractivity contribution in [2.24, 2.45) is 5.18 Å². The Hall–Kier alpha value is -3.03. The normalized spacial score (nSPS) is 14.0. The van der Waals surface area contributed by atoms with Gasteiger partial charge in [-0.2, -0.15) is 4.91 Å². The van der Waals surface area contributed by atoms with Gasteiger partial charge in [-0.05, 0) is 77.9 Å². The lowest BCUT2D eigenvalue weighted by molar-refractivity contribution is -0.384. The smallest absolute Gasteiger partial charge is 0.269 e. The SMILES string of the molecule is CCCC1(CCC)c2cc(C(=O)C(CCSc3ccc(Cl)cc3)N=O)ccc2-c2ccc([N+](=O)[O-])cc21. The molecule has 0 saturated carbocycles. The van der Waals surface area contributed by atoms with Crippen molar-refractivity contribution >= 4 is 34.8 Å². The maximum atomic E-state index is 13.4. The summed E-state index contributed by atoms with van der Waals surface area (Å²) in [5.41, 5.74) is 4.06. The predicted molar refractivity (Wildman–Crippen MR) is 150 cm³/mol.